The van der Waals surface area contributed by atoms with Gasteiger partial charge in [-0.1, -0.05) is 0 Å². The third-order valence-electron chi connectivity index (χ3n) is 3.67. The van der Waals surface area contributed by atoms with Crippen LogP contribution in [0.25, 0.3) is 10.6 Å². The van der Waals surface area contributed by atoms with Crippen LogP contribution in [0.4, 0.5) is 15.9 Å². The molecular weight excluding hydrogens is 407 g/mol. The molecular formula is C18H14FN2O5S2-. The van der Waals surface area contributed by atoms with E-state index in [4.69, 9.17) is 9.84 Å². The van der Waals surface area contributed by atoms with Crippen LogP contribution in [0.15, 0.2) is 47.8 Å². The fraction of sp³-hybridized carbons (Fsp3) is 0.111. The Labute approximate surface area is 166 Å². The molecule has 146 valence electrons. The molecule has 1 aromatic heterocycles. The molecule has 0 saturated heterocycles. The number of ether oxygens (including phenoxy) is 1. The average Bonchev–Trinajstić information content (AvgIpc) is 3.13. The van der Waals surface area contributed by atoms with Crippen molar-refractivity contribution in [1.82, 2.24) is 4.98 Å². The van der Waals surface area contributed by atoms with Gasteiger partial charge in [-0.3, -0.25) is 4.21 Å². The largest absolute Gasteiger partial charge is 0.755 e. The Balaban J connectivity index is 2.04. The summed E-state index contributed by atoms with van der Waals surface area (Å²) in [7, 11) is 0. The molecule has 3 aromatic rings. The Morgan fingerprint density at radius 2 is 2.04 bits per heavy atom. The third-order valence-corrected chi connectivity index (χ3v) is 5.23. The Morgan fingerprint density at radius 1 is 1.32 bits per heavy atom. The van der Waals surface area contributed by atoms with Crippen molar-refractivity contribution in [2.75, 3.05) is 10.9 Å². The van der Waals surface area contributed by atoms with E-state index in [-0.39, 0.29) is 35.2 Å². The van der Waals surface area contributed by atoms with Crippen molar-refractivity contribution in [2.45, 2.75) is 6.92 Å². The van der Waals surface area contributed by atoms with E-state index in [1.807, 2.05) is 0 Å². The minimum Gasteiger partial charge on any atom is -0.755 e. The molecule has 1 heterocycles. The van der Waals surface area contributed by atoms with Crippen LogP contribution in [-0.4, -0.2) is 31.4 Å². The van der Waals surface area contributed by atoms with Crippen LogP contribution in [-0.2, 0) is 11.3 Å². The number of hydrogen-bond donors (Lipinski definition) is 1. The summed E-state index contributed by atoms with van der Waals surface area (Å²) in [5.74, 6) is -1.33. The zero-order chi connectivity index (χ0) is 20.3. The summed E-state index contributed by atoms with van der Waals surface area (Å²) in [5.41, 5.74) is 0.741. The molecule has 0 spiro atoms. The second-order valence-corrected chi connectivity index (χ2v) is 7.11. The van der Waals surface area contributed by atoms with Gasteiger partial charge in [0.25, 0.3) is 0 Å². The van der Waals surface area contributed by atoms with Crippen LogP contribution in [0.5, 0.6) is 5.75 Å². The van der Waals surface area contributed by atoms with Crippen LogP contribution < -0.4 is 9.04 Å². The van der Waals surface area contributed by atoms with Gasteiger partial charge in [-0.2, -0.15) is 0 Å². The van der Waals surface area contributed by atoms with Crippen LogP contribution in [0.1, 0.15) is 17.3 Å². The van der Waals surface area contributed by atoms with Crippen molar-refractivity contribution >= 4 is 40.1 Å². The summed E-state index contributed by atoms with van der Waals surface area (Å²) in [5, 5.41) is 11.2. The number of aromatic nitrogens is 1. The maximum atomic E-state index is 13.1. The van der Waals surface area contributed by atoms with Crippen LogP contribution in [0, 0.1) is 5.82 Å². The number of nitrogens with zero attached hydrogens (tertiary/aromatic N) is 2. The molecule has 1 unspecified atom stereocenters. The van der Waals surface area contributed by atoms with E-state index >= 15 is 0 Å². The predicted octanol–water partition coefficient (Wildman–Crippen LogP) is 3.98. The number of anilines is 2. The first-order valence-corrected chi connectivity index (χ1v) is 9.93. The van der Waals surface area contributed by atoms with Gasteiger partial charge in [0, 0.05) is 10.9 Å². The van der Waals surface area contributed by atoms with Gasteiger partial charge in [-0.05, 0) is 49.4 Å². The number of halogens is 1. The predicted molar refractivity (Wildman–Crippen MR) is 103 cm³/mol. The van der Waals surface area contributed by atoms with Crippen molar-refractivity contribution in [3.05, 3.63) is 59.2 Å². The number of carboxylic acid groups (broad SMARTS) is 1. The smallest absolute Gasteiger partial charge is 0.335 e. The quantitative estimate of drug-likeness (QED) is 0.579. The van der Waals surface area contributed by atoms with E-state index in [2.05, 4.69) is 4.98 Å². The SMILES string of the molecule is CCOc1cc(C(=O)O)ccc1N(c1csc(-c2ccc(F)cc2)n1)S(=O)[O-]. The average molecular weight is 421 g/mol. The second-order valence-electron chi connectivity index (χ2n) is 5.45. The van der Waals surface area contributed by atoms with E-state index in [0.29, 0.717) is 10.6 Å². The second kappa shape index (κ2) is 8.46. The number of hydrogen-bond acceptors (Lipinski definition) is 6. The summed E-state index contributed by atoms with van der Waals surface area (Å²) in [6.07, 6.45) is 0. The highest BCUT2D eigenvalue weighted by atomic mass is 32.2. The number of benzene rings is 2. The number of rotatable bonds is 7. The lowest BCUT2D eigenvalue weighted by molar-refractivity contribution is 0.0696. The number of carboxylic acids is 1. The number of thiazole rings is 1. The first kappa shape index (κ1) is 19.9. The highest BCUT2D eigenvalue weighted by Gasteiger charge is 2.20. The molecule has 2 aromatic carbocycles. The van der Waals surface area contributed by atoms with Crippen molar-refractivity contribution in [1.29, 1.82) is 0 Å². The maximum absolute atomic E-state index is 13.1. The van der Waals surface area contributed by atoms with Crippen molar-refractivity contribution in [3.8, 4) is 16.3 Å². The van der Waals surface area contributed by atoms with E-state index in [0.717, 1.165) is 4.31 Å². The zero-order valence-corrected chi connectivity index (χ0v) is 16.1. The van der Waals surface area contributed by atoms with Crippen LogP contribution in [0.3, 0.4) is 0 Å². The lowest BCUT2D eigenvalue weighted by Crippen LogP contribution is -2.21. The maximum Gasteiger partial charge on any atom is 0.335 e. The highest BCUT2D eigenvalue weighted by Crippen LogP contribution is 2.37. The molecule has 0 bridgehead atoms. The lowest BCUT2D eigenvalue weighted by Gasteiger charge is -2.26. The van der Waals surface area contributed by atoms with Crippen molar-refractivity contribution in [2.24, 2.45) is 0 Å². The molecule has 0 fully saturated rings. The van der Waals surface area contributed by atoms with E-state index in [1.165, 1.54) is 47.0 Å². The van der Waals surface area contributed by atoms with Gasteiger partial charge >= 0.3 is 5.97 Å². The van der Waals surface area contributed by atoms with Gasteiger partial charge in [0.15, 0.2) is 5.82 Å². The topological polar surface area (TPSA) is 103 Å². The molecule has 3 rings (SSSR count). The van der Waals surface area contributed by atoms with E-state index in [9.17, 15) is 17.9 Å². The van der Waals surface area contributed by atoms with E-state index in [1.54, 1.807) is 19.1 Å². The molecule has 0 aliphatic carbocycles. The lowest BCUT2D eigenvalue weighted by atomic mass is 10.2. The molecule has 0 amide bonds. The van der Waals surface area contributed by atoms with Gasteiger partial charge in [0.1, 0.15) is 16.6 Å². The molecule has 1 atom stereocenters. The van der Waals surface area contributed by atoms with Gasteiger partial charge in [-0.25, -0.2) is 18.5 Å². The van der Waals surface area contributed by atoms with E-state index < -0.39 is 17.2 Å². The molecule has 28 heavy (non-hydrogen) atoms. The molecule has 0 saturated carbocycles. The minimum absolute atomic E-state index is 0.0332. The Morgan fingerprint density at radius 3 is 2.64 bits per heavy atom. The molecule has 10 heteroatoms. The van der Waals surface area contributed by atoms with Gasteiger partial charge < -0.3 is 14.4 Å². The van der Waals surface area contributed by atoms with Crippen molar-refractivity contribution < 1.29 is 27.8 Å². The highest BCUT2D eigenvalue weighted by molar-refractivity contribution is 7.81. The molecule has 0 aliphatic rings. The van der Waals surface area contributed by atoms with Crippen molar-refractivity contribution in [3.63, 3.8) is 0 Å². The Bertz CT molecular complexity index is 1020. The normalized spacial score (nSPS) is 11.8. The Hall–Kier alpha value is -2.82. The monoisotopic (exact) mass is 421 g/mol. The molecule has 0 aliphatic heterocycles. The standard InChI is InChI=1S/C18H15FN2O5S2/c1-2-26-15-9-12(18(22)23)5-8-14(15)21(28(24)25)16-10-27-17(20-16)11-3-6-13(19)7-4-11/h3-10H,2H2,1H3,(H,22,23)(H,24,25)/p-1. The van der Waals surface area contributed by atoms with Crippen LogP contribution in [0.2, 0.25) is 0 Å². The minimum atomic E-state index is -2.74. The first-order valence-electron chi connectivity index (χ1n) is 8.01. The zero-order valence-electron chi connectivity index (χ0n) is 14.5. The van der Waals surface area contributed by atoms with Crippen LogP contribution >= 0.6 is 11.3 Å². The first-order chi connectivity index (χ1) is 13.4. The summed E-state index contributed by atoms with van der Waals surface area (Å²) in [4.78, 5) is 15.5. The fourth-order valence-electron chi connectivity index (χ4n) is 2.45. The molecule has 0 radical (unpaired) electrons. The van der Waals surface area contributed by atoms with Gasteiger partial charge in [0.2, 0.25) is 0 Å². The third kappa shape index (κ3) is 4.19. The van der Waals surface area contributed by atoms with Gasteiger partial charge in [-0.15, -0.1) is 11.3 Å². The summed E-state index contributed by atoms with van der Waals surface area (Å²) in [6, 6.07) is 9.56. The fourth-order valence-corrected chi connectivity index (χ4v) is 3.87. The van der Waals surface area contributed by atoms with Gasteiger partial charge in [0.05, 0.1) is 29.1 Å². The summed E-state index contributed by atoms with van der Waals surface area (Å²) < 4.78 is 43.3. The summed E-state index contributed by atoms with van der Waals surface area (Å²) in [6.45, 7) is 1.92. The molecule has 7 nitrogen and oxygen atoms in total. The number of carbonyl (C=O) groups is 1. The Kier molecular flexibility index (Phi) is 6.02. The summed E-state index contributed by atoms with van der Waals surface area (Å²) >= 11 is -1.55. The number of aromatic carboxylic acids is 1. The molecule has 1 N–H and O–H groups in total.